The zero-order chi connectivity index (χ0) is 14.4. The van der Waals surface area contributed by atoms with Crippen LogP contribution < -0.4 is 5.32 Å². The van der Waals surface area contributed by atoms with Crippen molar-refractivity contribution >= 4 is 5.97 Å². The van der Waals surface area contributed by atoms with Crippen molar-refractivity contribution in [1.82, 2.24) is 15.1 Å². The van der Waals surface area contributed by atoms with Crippen LogP contribution in [-0.2, 0) is 11.3 Å². The summed E-state index contributed by atoms with van der Waals surface area (Å²) in [5.41, 5.74) is -0.738. The molecular formula is C14H23N3O3. The quantitative estimate of drug-likeness (QED) is 0.645. The van der Waals surface area contributed by atoms with Gasteiger partial charge in [-0.1, -0.05) is 0 Å². The lowest BCUT2D eigenvalue weighted by Gasteiger charge is -2.34. The SMILES string of the molecule is O=C(O)C1CCC(O)(CNCCCn2cccn2)CC1. The van der Waals surface area contributed by atoms with E-state index in [2.05, 4.69) is 10.4 Å². The zero-order valence-electron chi connectivity index (χ0n) is 11.7. The molecule has 1 aromatic rings. The highest BCUT2D eigenvalue weighted by Gasteiger charge is 2.35. The molecular weight excluding hydrogens is 258 g/mol. The normalized spacial score (nSPS) is 26.6. The predicted molar refractivity (Wildman–Crippen MR) is 74.3 cm³/mol. The van der Waals surface area contributed by atoms with E-state index in [-0.39, 0.29) is 5.92 Å². The average Bonchev–Trinajstić information content (AvgIpc) is 2.92. The highest BCUT2D eigenvalue weighted by atomic mass is 16.4. The maximum Gasteiger partial charge on any atom is 0.306 e. The largest absolute Gasteiger partial charge is 0.481 e. The molecule has 2 rings (SSSR count). The van der Waals surface area contributed by atoms with Crippen LogP contribution in [0.15, 0.2) is 18.5 Å². The average molecular weight is 281 g/mol. The van der Waals surface area contributed by atoms with E-state index in [0.29, 0.717) is 32.2 Å². The van der Waals surface area contributed by atoms with E-state index in [4.69, 9.17) is 5.11 Å². The van der Waals surface area contributed by atoms with Crippen LogP contribution in [0.3, 0.4) is 0 Å². The van der Waals surface area contributed by atoms with Crippen molar-refractivity contribution in [1.29, 1.82) is 0 Å². The van der Waals surface area contributed by atoms with Crippen LogP contribution in [-0.4, -0.2) is 44.7 Å². The zero-order valence-corrected chi connectivity index (χ0v) is 11.7. The number of nitrogens with zero attached hydrogens (tertiary/aromatic N) is 2. The van der Waals surface area contributed by atoms with E-state index >= 15 is 0 Å². The van der Waals surface area contributed by atoms with Crippen LogP contribution in [0.5, 0.6) is 0 Å². The molecule has 0 atom stereocenters. The second-order valence-corrected chi connectivity index (χ2v) is 5.64. The molecule has 1 aliphatic carbocycles. The third-order valence-corrected chi connectivity index (χ3v) is 4.02. The van der Waals surface area contributed by atoms with Gasteiger partial charge in [-0.2, -0.15) is 5.10 Å². The van der Waals surface area contributed by atoms with Gasteiger partial charge in [-0.05, 0) is 44.7 Å². The maximum atomic E-state index is 10.9. The molecule has 0 spiro atoms. The molecule has 1 saturated carbocycles. The van der Waals surface area contributed by atoms with Gasteiger partial charge in [0.1, 0.15) is 0 Å². The molecule has 1 heterocycles. The van der Waals surface area contributed by atoms with Crippen LogP contribution in [0.4, 0.5) is 0 Å². The number of nitrogens with one attached hydrogen (secondary N) is 1. The molecule has 0 radical (unpaired) electrons. The summed E-state index contributed by atoms with van der Waals surface area (Å²) in [6.45, 7) is 2.22. The van der Waals surface area contributed by atoms with Gasteiger partial charge >= 0.3 is 5.97 Å². The minimum atomic E-state index is -0.738. The number of hydrogen-bond acceptors (Lipinski definition) is 4. The summed E-state index contributed by atoms with van der Waals surface area (Å²) in [7, 11) is 0. The first-order chi connectivity index (χ1) is 9.59. The fraction of sp³-hybridized carbons (Fsp3) is 0.714. The van der Waals surface area contributed by atoms with E-state index in [1.165, 1.54) is 0 Å². The Kier molecular flexibility index (Phi) is 5.14. The summed E-state index contributed by atoms with van der Waals surface area (Å²) in [6, 6.07) is 1.90. The molecule has 0 saturated heterocycles. The van der Waals surface area contributed by atoms with Crippen LogP contribution in [0.1, 0.15) is 32.1 Å². The second-order valence-electron chi connectivity index (χ2n) is 5.64. The predicted octanol–water partition coefficient (Wildman–Crippen LogP) is 0.869. The number of hydrogen-bond donors (Lipinski definition) is 3. The first-order valence-electron chi connectivity index (χ1n) is 7.22. The van der Waals surface area contributed by atoms with Crippen molar-refractivity contribution in [2.45, 2.75) is 44.2 Å². The third-order valence-electron chi connectivity index (χ3n) is 4.02. The number of aliphatic carboxylic acids is 1. The Labute approximate surface area is 118 Å². The summed E-state index contributed by atoms with van der Waals surface area (Å²) in [5, 5.41) is 26.7. The van der Waals surface area contributed by atoms with Gasteiger partial charge in [-0.25, -0.2) is 0 Å². The van der Waals surface area contributed by atoms with E-state index in [0.717, 1.165) is 19.5 Å². The maximum absolute atomic E-state index is 10.9. The summed E-state index contributed by atoms with van der Waals surface area (Å²) >= 11 is 0. The number of aryl methyl sites for hydroxylation is 1. The Bertz CT molecular complexity index is 411. The van der Waals surface area contributed by atoms with Gasteiger partial charge in [0.25, 0.3) is 0 Å². The van der Waals surface area contributed by atoms with E-state index in [1.54, 1.807) is 6.20 Å². The van der Waals surface area contributed by atoms with Gasteiger partial charge in [-0.3, -0.25) is 9.48 Å². The molecule has 1 aliphatic rings. The Morgan fingerprint density at radius 2 is 2.20 bits per heavy atom. The van der Waals surface area contributed by atoms with Crippen LogP contribution >= 0.6 is 0 Å². The van der Waals surface area contributed by atoms with Gasteiger partial charge in [0.15, 0.2) is 0 Å². The number of aromatic nitrogens is 2. The highest BCUT2D eigenvalue weighted by molar-refractivity contribution is 5.70. The number of aliphatic hydroxyl groups is 1. The van der Waals surface area contributed by atoms with Crippen molar-refractivity contribution in [2.75, 3.05) is 13.1 Å². The lowest BCUT2D eigenvalue weighted by atomic mass is 9.79. The van der Waals surface area contributed by atoms with Gasteiger partial charge in [0, 0.05) is 25.5 Å². The third kappa shape index (κ3) is 4.31. The molecule has 0 bridgehead atoms. The number of carboxylic acid groups (broad SMARTS) is 1. The molecule has 0 amide bonds. The second kappa shape index (κ2) is 6.85. The lowest BCUT2D eigenvalue weighted by Crippen LogP contribution is -2.44. The topological polar surface area (TPSA) is 87.4 Å². The van der Waals surface area contributed by atoms with Crippen LogP contribution in [0, 0.1) is 5.92 Å². The first kappa shape index (κ1) is 15.0. The fourth-order valence-corrected chi connectivity index (χ4v) is 2.70. The molecule has 1 aromatic heterocycles. The van der Waals surface area contributed by atoms with Crippen molar-refractivity contribution < 1.29 is 15.0 Å². The Morgan fingerprint density at radius 1 is 1.45 bits per heavy atom. The summed E-state index contributed by atoms with van der Waals surface area (Å²) in [6.07, 6.45) is 6.92. The number of carbonyl (C=O) groups is 1. The molecule has 6 heteroatoms. The first-order valence-corrected chi connectivity index (χ1v) is 7.22. The molecule has 0 aliphatic heterocycles. The smallest absolute Gasteiger partial charge is 0.306 e. The van der Waals surface area contributed by atoms with Crippen LogP contribution in [0.2, 0.25) is 0 Å². The molecule has 112 valence electrons. The summed E-state index contributed by atoms with van der Waals surface area (Å²) < 4.78 is 1.88. The number of rotatable bonds is 7. The van der Waals surface area contributed by atoms with Gasteiger partial charge in [0.05, 0.1) is 11.5 Å². The molecule has 3 N–H and O–H groups in total. The Morgan fingerprint density at radius 3 is 2.80 bits per heavy atom. The Balaban J connectivity index is 1.60. The monoisotopic (exact) mass is 281 g/mol. The van der Waals surface area contributed by atoms with Gasteiger partial charge in [-0.15, -0.1) is 0 Å². The minimum absolute atomic E-state index is 0.282. The van der Waals surface area contributed by atoms with Gasteiger partial charge in [0.2, 0.25) is 0 Å². The number of carboxylic acids is 1. The molecule has 20 heavy (non-hydrogen) atoms. The van der Waals surface area contributed by atoms with E-state index < -0.39 is 11.6 Å². The Hall–Kier alpha value is -1.40. The molecule has 6 nitrogen and oxygen atoms in total. The van der Waals surface area contributed by atoms with Gasteiger partial charge < -0.3 is 15.5 Å². The van der Waals surface area contributed by atoms with Crippen LogP contribution in [0.25, 0.3) is 0 Å². The molecule has 1 fully saturated rings. The van der Waals surface area contributed by atoms with E-state index in [1.807, 2.05) is 16.9 Å². The van der Waals surface area contributed by atoms with E-state index in [9.17, 15) is 9.90 Å². The highest BCUT2D eigenvalue weighted by Crippen LogP contribution is 2.31. The standard InChI is InChI=1S/C14H23N3O3/c18-13(19)12-3-5-14(20,6-4-12)11-15-7-1-9-17-10-2-8-16-17/h2,8,10,12,15,20H,1,3-7,9,11H2,(H,18,19). The molecule has 0 aromatic carbocycles. The molecule has 0 unspecified atom stereocenters. The van der Waals surface area contributed by atoms with Crippen molar-refractivity contribution in [2.24, 2.45) is 5.92 Å². The van der Waals surface area contributed by atoms with Crippen molar-refractivity contribution in [3.63, 3.8) is 0 Å². The minimum Gasteiger partial charge on any atom is -0.481 e. The lowest BCUT2D eigenvalue weighted by molar-refractivity contribution is -0.144. The fourth-order valence-electron chi connectivity index (χ4n) is 2.70. The summed E-state index contributed by atoms with van der Waals surface area (Å²) in [5.74, 6) is -1.02. The van der Waals surface area contributed by atoms with Crippen molar-refractivity contribution in [3.05, 3.63) is 18.5 Å². The van der Waals surface area contributed by atoms with Crippen molar-refractivity contribution in [3.8, 4) is 0 Å². The summed E-state index contributed by atoms with van der Waals surface area (Å²) in [4.78, 5) is 10.9.